The summed E-state index contributed by atoms with van der Waals surface area (Å²) in [5.74, 6) is 20.8. The van der Waals surface area contributed by atoms with Crippen LogP contribution in [0.3, 0.4) is 0 Å². The number of nitrogen functional groups attached to an aromatic ring is 2. The van der Waals surface area contributed by atoms with Crippen LogP contribution in [-0.4, -0.2) is 144 Å². The lowest BCUT2D eigenvalue weighted by molar-refractivity contribution is 0.310. The van der Waals surface area contributed by atoms with Crippen molar-refractivity contribution in [2.24, 2.45) is 0 Å². The number of anilines is 7. The van der Waals surface area contributed by atoms with Crippen molar-refractivity contribution < 1.29 is 28.8 Å². The third kappa shape index (κ3) is 26.9. The van der Waals surface area contributed by atoms with Crippen molar-refractivity contribution in [3.05, 3.63) is 172 Å². The Balaban J connectivity index is 0.000000198. The molecule has 10 aromatic rings. The predicted octanol–water partition coefficient (Wildman–Crippen LogP) is 16.2. The maximum Gasteiger partial charge on any atom is 0.222 e. The van der Waals surface area contributed by atoms with Crippen LogP contribution in [-0.2, 0) is 0 Å². The number of aliphatic hydroxyl groups excluding tert-OH is 1. The molecule has 0 unspecified atom stereocenters. The molecule has 0 saturated carbocycles. The fourth-order valence-electron chi connectivity index (χ4n) is 10.7. The molecule has 0 radical (unpaired) electrons. The van der Waals surface area contributed by atoms with E-state index in [1.165, 1.54) is 25.9 Å². The van der Waals surface area contributed by atoms with E-state index in [1.807, 2.05) is 59.9 Å². The van der Waals surface area contributed by atoms with Crippen LogP contribution in [0.15, 0.2) is 103 Å². The van der Waals surface area contributed by atoms with Gasteiger partial charge < -0.3 is 71.7 Å². The van der Waals surface area contributed by atoms with Gasteiger partial charge in [0.1, 0.15) is 79.5 Å². The normalized spacial score (nSPS) is 11.4. The quantitative estimate of drug-likeness (QED) is 0.0175. The zero-order valence-corrected chi connectivity index (χ0v) is 69.6. The van der Waals surface area contributed by atoms with Crippen molar-refractivity contribution in [1.29, 1.82) is 0 Å². The van der Waals surface area contributed by atoms with Gasteiger partial charge in [-0.1, -0.05) is 79.7 Å². The van der Waals surface area contributed by atoms with Crippen LogP contribution in [0.25, 0.3) is 5.57 Å². The zero-order chi connectivity index (χ0) is 83.1. The van der Waals surface area contributed by atoms with Gasteiger partial charge in [0, 0.05) is 128 Å². The molecule has 10 N–H and O–H groups in total. The second-order valence-corrected chi connectivity index (χ2v) is 28.3. The monoisotopic (exact) mass is 1610 g/mol. The molecule has 0 bridgehead atoms. The van der Waals surface area contributed by atoms with Crippen molar-refractivity contribution in [2.75, 3.05) is 91.0 Å². The fraction of sp³-hybridized carbons (Fsp3) is 0.369. The van der Waals surface area contributed by atoms with Gasteiger partial charge in [-0.15, -0.1) is 19.3 Å². The lowest BCUT2D eigenvalue weighted by Gasteiger charge is -2.18. The van der Waals surface area contributed by atoms with E-state index in [2.05, 4.69) is 202 Å². The highest BCUT2D eigenvalue weighted by Crippen LogP contribution is 2.39. The van der Waals surface area contributed by atoms with E-state index in [4.69, 9.17) is 59.5 Å². The van der Waals surface area contributed by atoms with Crippen LogP contribution in [0.4, 0.5) is 40.9 Å². The van der Waals surface area contributed by atoms with E-state index in [1.54, 1.807) is 94.9 Å². The second-order valence-electron chi connectivity index (χ2n) is 27.5. The third-order valence-electron chi connectivity index (χ3n) is 16.6. The minimum absolute atomic E-state index is 0.00374. The van der Waals surface area contributed by atoms with E-state index < -0.39 is 0 Å². The first-order valence-electron chi connectivity index (χ1n) is 37.4. The number of nitrogens with two attached hydrogens (primary N) is 2. The number of rotatable bonds is 27. The van der Waals surface area contributed by atoms with Crippen molar-refractivity contribution in [1.82, 2.24) is 79.7 Å². The molecule has 1 aliphatic heterocycles. The molecule has 114 heavy (non-hydrogen) atoms. The number of likely N-dealkylation sites (tertiary alicyclic amines) is 1. The average molecular weight is 1610 g/mol. The highest BCUT2D eigenvalue weighted by Gasteiger charge is 2.21. The highest BCUT2D eigenvalue weighted by atomic mass is 79.9. The van der Waals surface area contributed by atoms with E-state index in [-0.39, 0.29) is 42.3 Å². The number of aliphatic hydroxyl groups is 1. The van der Waals surface area contributed by atoms with E-state index in [9.17, 15) is 0 Å². The molecule has 1 saturated heterocycles. The Bertz CT molecular complexity index is 5000. The maximum absolute atomic E-state index is 8.99. The number of ether oxygens (including phenoxy) is 5. The number of nitrogens with one attached hydrogen (secondary N) is 5. The molecular weight excluding hydrogens is 1510 g/mol. The number of hydrogen-bond donors (Lipinski definition) is 8. The largest absolute Gasteiger partial charge is 0.451 e. The van der Waals surface area contributed by atoms with Crippen molar-refractivity contribution >= 4 is 62.4 Å². The Morgan fingerprint density at radius 3 is 1.33 bits per heavy atom. The van der Waals surface area contributed by atoms with Crippen LogP contribution < -0.4 is 61.7 Å². The van der Waals surface area contributed by atoms with Crippen molar-refractivity contribution in [3.63, 3.8) is 0 Å². The van der Waals surface area contributed by atoms with E-state index in [0.717, 1.165) is 69.2 Å². The Morgan fingerprint density at radius 2 is 0.895 bits per heavy atom. The van der Waals surface area contributed by atoms with Gasteiger partial charge in [-0.25, -0.2) is 69.8 Å². The van der Waals surface area contributed by atoms with Gasteiger partial charge in [0.25, 0.3) is 0 Å². The highest BCUT2D eigenvalue weighted by molar-refractivity contribution is 9.10. The molecule has 11 rings (SSSR count). The summed E-state index contributed by atoms with van der Waals surface area (Å²) in [6, 6.07) is 9.16. The molecule has 30 heteroatoms. The number of terminal acetylenes is 3. The van der Waals surface area contributed by atoms with Gasteiger partial charge in [0.2, 0.25) is 5.95 Å². The maximum atomic E-state index is 8.99. The summed E-state index contributed by atoms with van der Waals surface area (Å²) >= 11 is 3.41. The van der Waals surface area contributed by atoms with E-state index in [0.29, 0.717) is 128 Å². The lowest BCUT2D eigenvalue weighted by atomic mass is 10.0. The van der Waals surface area contributed by atoms with Gasteiger partial charge in [-0.05, 0) is 126 Å². The van der Waals surface area contributed by atoms with Crippen LogP contribution >= 0.6 is 15.9 Å². The lowest BCUT2D eigenvalue weighted by Crippen LogP contribution is -2.26. The molecule has 0 aliphatic carbocycles. The SMILES string of the molecule is C#Cc1cc(Oc2cnc(C)nc2NC(C)C)c(C(C)C)cn1.C#Cc1cc(Oc2cnc(C)nc2NC)c(C(C)C)cn1.C#Cc1cc(Oc2cnc(C)nc2NCCO)c(C(C)C)cn1.C=C(C)c1cnc(NCC)cc1Oc1cnc(C)nc1N.CC(C)c1cnc(Br)cc1Oc1cnc(N)nc1NCCN1CCCC1. The van der Waals surface area contributed by atoms with Gasteiger partial charge in [-0.3, -0.25) is 0 Å². The first kappa shape index (κ1) is 88.8. The number of nitrogens with zero attached hydrogens (tertiary/aromatic N) is 16. The molecule has 0 spiro atoms. The predicted molar refractivity (Wildman–Crippen MR) is 454 cm³/mol. The zero-order valence-electron chi connectivity index (χ0n) is 68.0. The number of allylic oxidation sites excluding steroid dienone is 1. The van der Waals surface area contributed by atoms with Crippen LogP contribution in [0.2, 0.25) is 0 Å². The Morgan fingerprint density at radius 1 is 0.491 bits per heavy atom. The van der Waals surface area contributed by atoms with Gasteiger partial charge >= 0.3 is 0 Å². The first-order valence-corrected chi connectivity index (χ1v) is 38.1. The van der Waals surface area contributed by atoms with Crippen molar-refractivity contribution in [3.8, 4) is 94.5 Å². The minimum atomic E-state index is -0.00374. The summed E-state index contributed by atoms with van der Waals surface area (Å²) < 4.78 is 30.7. The standard InChI is InChI=1S/C18H25BrN6O.C18H22N4O.C17H20N4O2.C16H18N4O.C15H19N5O/c1-12(2)13-10-22-16(19)9-14(13)26-15-11-23-18(20)24-17(15)21-5-8-25-6-3-4-7-25;1-7-14-8-16(15(9-20-14)11(2)3)23-17-10-19-13(6)22-18(17)21-12(4)5;1-5-13-8-15(14(9-20-13)11(2)3)23-16-10-19-12(4)21-17(16)18-6-7-22;1-6-12-7-14(13(8-19-12)10(2)3)21-15-9-18-11(4)20-16(15)17-5;1-5-17-14-6-12(11(7-19-14)9(2)3)21-13-8-18-10(4)20-15(13)16/h9-12H,3-8H2,1-2H3,(H3,20,21,23,24);1,8-12H,2-6H3,(H,19,21,22);1,8-11,22H,6-7H2,2-4H3,(H,18,19,21);1,7-10H,2-5H3,(H,17,18,20);6-8H,2,5H2,1,3-4H3,(H,17,19)(H2,16,18,20). The summed E-state index contributed by atoms with van der Waals surface area (Å²) in [6.45, 7) is 41.0. The van der Waals surface area contributed by atoms with E-state index >= 15 is 0 Å². The Labute approximate surface area is 677 Å². The molecule has 0 amide bonds. The molecule has 0 aromatic carbocycles. The summed E-state index contributed by atoms with van der Waals surface area (Å²) in [7, 11) is 1.79. The van der Waals surface area contributed by atoms with Gasteiger partial charge in [-0.2, -0.15) is 4.98 Å². The Hall–Kier alpha value is -12.4. The second kappa shape index (κ2) is 44.0. The van der Waals surface area contributed by atoms with Gasteiger partial charge in [0.05, 0.1) is 37.6 Å². The van der Waals surface area contributed by atoms with Crippen LogP contribution in [0, 0.1) is 64.7 Å². The summed E-state index contributed by atoms with van der Waals surface area (Å²) in [5.41, 5.74) is 18.8. The number of hydrogen-bond acceptors (Lipinski definition) is 29. The molecule has 10 aromatic heterocycles. The molecule has 0 atom stereocenters. The fourth-order valence-corrected chi connectivity index (χ4v) is 11.1. The van der Waals surface area contributed by atoms with Crippen LogP contribution in [0.1, 0.15) is 188 Å². The summed E-state index contributed by atoms with van der Waals surface area (Å²) in [4.78, 5) is 65.9. The topological polar surface area (TPSA) is 375 Å². The number of aryl methyl sites for hydroxylation is 4. The number of pyridine rings is 5. The number of halogens is 1. The van der Waals surface area contributed by atoms with Crippen LogP contribution in [0.5, 0.6) is 57.5 Å². The summed E-state index contributed by atoms with van der Waals surface area (Å²) in [6.07, 6.45) is 35.7. The smallest absolute Gasteiger partial charge is 0.222 e. The Kier molecular flexibility index (Phi) is 34.3. The molecule has 598 valence electrons. The molecule has 1 fully saturated rings. The van der Waals surface area contributed by atoms with Crippen molar-refractivity contribution in [2.45, 2.75) is 153 Å². The molecule has 11 heterocycles. The third-order valence-corrected chi connectivity index (χ3v) is 17.0. The summed E-state index contributed by atoms with van der Waals surface area (Å²) in [5, 5.41) is 24.8. The average Bonchev–Trinajstić information content (AvgIpc) is 0.869. The first-order chi connectivity index (χ1) is 54.5. The molecular formula is C84H104BrN23O6. The van der Waals surface area contributed by atoms with Gasteiger partial charge in [0.15, 0.2) is 57.8 Å². The minimum Gasteiger partial charge on any atom is -0.451 e. The number of aromatic nitrogens is 15. The molecule has 29 nitrogen and oxygen atoms in total. The molecule has 1 aliphatic rings.